The van der Waals surface area contributed by atoms with Crippen LogP contribution in [0.2, 0.25) is 0 Å². The molecule has 0 aliphatic heterocycles. The maximum absolute atomic E-state index is 12.2. The zero-order valence-electron chi connectivity index (χ0n) is 13.1. The van der Waals surface area contributed by atoms with Gasteiger partial charge in [-0.05, 0) is 39.7 Å². The van der Waals surface area contributed by atoms with Gasteiger partial charge in [-0.1, -0.05) is 13.3 Å². The van der Waals surface area contributed by atoms with E-state index in [4.69, 9.17) is 0 Å². The van der Waals surface area contributed by atoms with Crippen LogP contribution < -0.4 is 5.32 Å². The summed E-state index contributed by atoms with van der Waals surface area (Å²) in [6.45, 7) is 7.62. The fourth-order valence-corrected chi connectivity index (χ4v) is 2.78. The average molecular weight is 284 g/mol. The molecule has 5 nitrogen and oxygen atoms in total. The summed E-state index contributed by atoms with van der Waals surface area (Å²) in [7, 11) is 2.01. The molecule has 3 atom stereocenters. The zero-order chi connectivity index (χ0) is 15.3. The molecular weight excluding hydrogens is 256 g/mol. The summed E-state index contributed by atoms with van der Waals surface area (Å²) in [5.41, 5.74) is 0. The van der Waals surface area contributed by atoms with Crippen molar-refractivity contribution < 1.29 is 14.7 Å². The van der Waals surface area contributed by atoms with E-state index in [1.165, 1.54) is 0 Å². The summed E-state index contributed by atoms with van der Waals surface area (Å²) < 4.78 is 0. The van der Waals surface area contributed by atoms with Gasteiger partial charge in [0, 0.05) is 19.1 Å². The lowest BCUT2D eigenvalue weighted by Gasteiger charge is -2.22. The van der Waals surface area contributed by atoms with Crippen LogP contribution in [0.5, 0.6) is 0 Å². The molecule has 1 saturated carbocycles. The van der Waals surface area contributed by atoms with Gasteiger partial charge in [-0.15, -0.1) is 0 Å². The number of nitrogens with one attached hydrogen (secondary N) is 1. The SMILES string of the molecule is CCC1C[C@H](C(=O)NCCN(C)C(C)C)[C@H](C(=O)O)C1. The van der Waals surface area contributed by atoms with Gasteiger partial charge in [-0.25, -0.2) is 0 Å². The van der Waals surface area contributed by atoms with E-state index in [1.807, 2.05) is 7.05 Å². The largest absolute Gasteiger partial charge is 0.481 e. The topological polar surface area (TPSA) is 69.6 Å². The highest BCUT2D eigenvalue weighted by Crippen LogP contribution is 2.38. The van der Waals surface area contributed by atoms with Crippen molar-refractivity contribution in [1.82, 2.24) is 10.2 Å². The summed E-state index contributed by atoms with van der Waals surface area (Å²) in [6.07, 6.45) is 2.29. The predicted molar refractivity (Wildman–Crippen MR) is 78.4 cm³/mol. The fourth-order valence-electron chi connectivity index (χ4n) is 2.78. The summed E-state index contributed by atoms with van der Waals surface area (Å²) in [6, 6.07) is 0.439. The maximum atomic E-state index is 12.2. The normalized spacial score (nSPS) is 26.2. The standard InChI is InChI=1S/C15H28N2O3/c1-5-11-8-12(13(9-11)15(19)20)14(18)16-6-7-17(4)10(2)3/h10-13H,5-9H2,1-4H3,(H,16,18)(H,19,20)/t11?,12-,13+/m0/s1. The van der Waals surface area contributed by atoms with Gasteiger partial charge < -0.3 is 15.3 Å². The van der Waals surface area contributed by atoms with E-state index in [0.29, 0.717) is 31.3 Å². The molecule has 0 bridgehead atoms. The van der Waals surface area contributed by atoms with Crippen molar-refractivity contribution in [1.29, 1.82) is 0 Å². The number of amides is 1. The van der Waals surface area contributed by atoms with Gasteiger partial charge in [0.1, 0.15) is 0 Å². The van der Waals surface area contributed by atoms with Crippen molar-refractivity contribution in [2.75, 3.05) is 20.1 Å². The third kappa shape index (κ3) is 4.47. The third-order valence-corrected chi connectivity index (χ3v) is 4.54. The fraction of sp³-hybridized carbons (Fsp3) is 0.867. The maximum Gasteiger partial charge on any atom is 0.307 e. The molecule has 0 heterocycles. The number of hydrogen-bond acceptors (Lipinski definition) is 3. The monoisotopic (exact) mass is 284 g/mol. The molecule has 1 aliphatic rings. The van der Waals surface area contributed by atoms with Crippen LogP contribution in [0.4, 0.5) is 0 Å². The molecule has 1 rings (SSSR count). The lowest BCUT2D eigenvalue weighted by atomic mass is 9.95. The summed E-state index contributed by atoms with van der Waals surface area (Å²) >= 11 is 0. The summed E-state index contributed by atoms with van der Waals surface area (Å²) in [5, 5.41) is 12.1. The highest BCUT2D eigenvalue weighted by Gasteiger charge is 2.41. The molecule has 1 fully saturated rings. The minimum absolute atomic E-state index is 0.0921. The molecule has 0 aromatic rings. The Morgan fingerprint density at radius 2 is 1.90 bits per heavy atom. The van der Waals surface area contributed by atoms with Gasteiger partial charge in [-0.3, -0.25) is 9.59 Å². The van der Waals surface area contributed by atoms with Gasteiger partial charge >= 0.3 is 5.97 Å². The van der Waals surface area contributed by atoms with Crippen molar-refractivity contribution in [2.24, 2.45) is 17.8 Å². The lowest BCUT2D eigenvalue weighted by Crippen LogP contribution is -2.40. The molecule has 1 aliphatic carbocycles. The second-order valence-electron chi connectivity index (χ2n) is 6.16. The molecule has 0 aromatic carbocycles. The number of aliphatic carboxylic acids is 1. The quantitative estimate of drug-likeness (QED) is 0.744. The van der Waals surface area contributed by atoms with Gasteiger partial charge in [0.05, 0.1) is 11.8 Å². The highest BCUT2D eigenvalue weighted by atomic mass is 16.4. The molecule has 1 unspecified atom stereocenters. The van der Waals surface area contributed by atoms with Crippen LogP contribution in [0.1, 0.15) is 40.0 Å². The predicted octanol–water partition coefficient (Wildman–Crippen LogP) is 1.58. The minimum Gasteiger partial charge on any atom is -0.481 e. The van der Waals surface area contributed by atoms with E-state index in [2.05, 4.69) is 31.0 Å². The number of rotatable bonds is 7. The Balaban J connectivity index is 2.47. The zero-order valence-corrected chi connectivity index (χ0v) is 13.1. The second kappa shape index (κ2) is 7.62. The van der Waals surface area contributed by atoms with Crippen LogP contribution in [0.25, 0.3) is 0 Å². The van der Waals surface area contributed by atoms with E-state index < -0.39 is 11.9 Å². The first kappa shape index (κ1) is 17.0. The molecule has 116 valence electrons. The summed E-state index contributed by atoms with van der Waals surface area (Å²) in [4.78, 5) is 25.6. The van der Waals surface area contributed by atoms with Gasteiger partial charge in [0.15, 0.2) is 0 Å². The molecule has 0 spiro atoms. The van der Waals surface area contributed by atoms with Crippen LogP contribution in [0.15, 0.2) is 0 Å². The molecule has 0 saturated heterocycles. The van der Waals surface area contributed by atoms with Crippen molar-refractivity contribution in [2.45, 2.75) is 46.1 Å². The Hall–Kier alpha value is -1.10. The molecule has 20 heavy (non-hydrogen) atoms. The molecule has 2 N–H and O–H groups in total. The second-order valence-corrected chi connectivity index (χ2v) is 6.16. The van der Waals surface area contributed by atoms with Crippen molar-refractivity contribution in [3.63, 3.8) is 0 Å². The first-order valence-electron chi connectivity index (χ1n) is 7.57. The molecular formula is C15H28N2O3. The number of likely N-dealkylation sites (N-methyl/N-ethyl adjacent to an activating group) is 1. The molecule has 0 radical (unpaired) electrons. The Morgan fingerprint density at radius 1 is 1.30 bits per heavy atom. The molecule has 1 amide bonds. The Bertz CT molecular complexity index is 344. The van der Waals surface area contributed by atoms with E-state index in [-0.39, 0.29) is 11.8 Å². The number of nitrogens with zero attached hydrogens (tertiary/aromatic N) is 1. The van der Waals surface area contributed by atoms with E-state index in [9.17, 15) is 14.7 Å². The molecule has 5 heteroatoms. The van der Waals surface area contributed by atoms with Crippen molar-refractivity contribution in [3.8, 4) is 0 Å². The Labute approximate surface area is 121 Å². The van der Waals surface area contributed by atoms with Gasteiger partial charge in [0.25, 0.3) is 0 Å². The Morgan fingerprint density at radius 3 is 2.40 bits per heavy atom. The van der Waals surface area contributed by atoms with Gasteiger partial charge in [0.2, 0.25) is 5.91 Å². The lowest BCUT2D eigenvalue weighted by molar-refractivity contribution is -0.146. The minimum atomic E-state index is -0.833. The van der Waals surface area contributed by atoms with Crippen LogP contribution >= 0.6 is 0 Å². The van der Waals surface area contributed by atoms with E-state index >= 15 is 0 Å². The van der Waals surface area contributed by atoms with Crippen molar-refractivity contribution >= 4 is 11.9 Å². The third-order valence-electron chi connectivity index (χ3n) is 4.54. The number of carboxylic acid groups (broad SMARTS) is 1. The first-order valence-corrected chi connectivity index (χ1v) is 7.57. The van der Waals surface area contributed by atoms with Crippen LogP contribution in [0, 0.1) is 17.8 Å². The Kier molecular flexibility index (Phi) is 6.46. The molecule has 0 aromatic heterocycles. The first-order chi connectivity index (χ1) is 9.36. The average Bonchev–Trinajstić information content (AvgIpc) is 2.82. The number of hydrogen-bond donors (Lipinski definition) is 2. The van der Waals surface area contributed by atoms with E-state index in [0.717, 1.165) is 13.0 Å². The van der Waals surface area contributed by atoms with Gasteiger partial charge in [-0.2, -0.15) is 0 Å². The number of carbonyl (C=O) groups is 2. The number of carbonyl (C=O) groups excluding carboxylic acids is 1. The number of carboxylic acids is 1. The van der Waals surface area contributed by atoms with E-state index in [1.54, 1.807) is 0 Å². The smallest absolute Gasteiger partial charge is 0.307 e. The van der Waals surface area contributed by atoms with Crippen LogP contribution in [-0.4, -0.2) is 48.1 Å². The van der Waals surface area contributed by atoms with Crippen molar-refractivity contribution in [3.05, 3.63) is 0 Å². The summed E-state index contributed by atoms with van der Waals surface area (Å²) in [5.74, 6) is -1.43. The highest BCUT2D eigenvalue weighted by molar-refractivity contribution is 5.85. The van der Waals surface area contributed by atoms with Crippen LogP contribution in [-0.2, 0) is 9.59 Å². The van der Waals surface area contributed by atoms with Crippen LogP contribution in [0.3, 0.4) is 0 Å².